The number of nitrogens with zero attached hydrogens (tertiary/aromatic N) is 3. The Labute approximate surface area is 249 Å². The lowest BCUT2D eigenvalue weighted by Gasteiger charge is -2.41. The van der Waals surface area contributed by atoms with Crippen molar-refractivity contribution < 1.29 is 31.5 Å². The standard InChI is InChI=1S/C32H28F5N5O2/c1-38-32(44)23-13-18(4-5-25(23)35)22-3-2-6-39-28(22)26(12-17-9-20(33)14-21(34)10-17)40-27(43)15-42-30-19-7-16(8-19)11-24(30)29(41-42)31(36)37/h2-6,9-10,13-14,16,19,26,31H,7-8,11-12,15H2,1H3,(H,38,44)(H,40,43)/t16?,19?,26-/m0/s1. The van der Waals surface area contributed by atoms with Crippen LogP contribution in [0.2, 0.25) is 0 Å². The predicted octanol–water partition coefficient (Wildman–Crippen LogP) is 5.81. The van der Waals surface area contributed by atoms with Gasteiger partial charge in [0, 0.05) is 42.0 Å². The Morgan fingerprint density at radius 1 is 1.02 bits per heavy atom. The van der Waals surface area contributed by atoms with Gasteiger partial charge in [0.25, 0.3) is 12.3 Å². The molecule has 2 amide bonds. The molecular weight excluding hydrogens is 581 g/mol. The van der Waals surface area contributed by atoms with E-state index in [1.54, 1.807) is 12.1 Å². The number of pyridine rings is 1. The fraction of sp³-hybridized carbons (Fsp3) is 0.312. The first-order chi connectivity index (χ1) is 21.1. The molecule has 2 bridgehead atoms. The average molecular weight is 610 g/mol. The fourth-order valence-corrected chi connectivity index (χ4v) is 6.41. The molecule has 0 aliphatic heterocycles. The second kappa shape index (κ2) is 11.8. The molecule has 44 heavy (non-hydrogen) atoms. The summed E-state index contributed by atoms with van der Waals surface area (Å²) >= 11 is 0. The van der Waals surface area contributed by atoms with Crippen LogP contribution in [0.15, 0.2) is 54.7 Å². The molecule has 7 nitrogen and oxygen atoms in total. The van der Waals surface area contributed by atoms with Crippen LogP contribution >= 0.6 is 0 Å². The molecule has 0 saturated heterocycles. The van der Waals surface area contributed by atoms with Crippen LogP contribution in [0.5, 0.6) is 0 Å². The SMILES string of the molecule is CNC(=O)c1cc(-c2cccnc2[C@H](Cc2cc(F)cc(F)c2)NC(=O)Cn2nc(C(F)F)c3c2C2CC(C3)C2)ccc1F. The van der Waals surface area contributed by atoms with Crippen molar-refractivity contribution in [2.24, 2.45) is 5.92 Å². The Balaban J connectivity index is 1.36. The maximum Gasteiger partial charge on any atom is 0.282 e. The molecule has 3 aliphatic carbocycles. The summed E-state index contributed by atoms with van der Waals surface area (Å²) in [5.74, 6) is -3.13. The topological polar surface area (TPSA) is 88.9 Å². The number of carbonyl (C=O) groups is 2. The largest absolute Gasteiger partial charge is 0.355 e. The molecule has 4 aromatic rings. The van der Waals surface area contributed by atoms with E-state index < -0.39 is 41.7 Å². The van der Waals surface area contributed by atoms with E-state index in [4.69, 9.17) is 0 Å². The average Bonchev–Trinajstić information content (AvgIpc) is 3.35. The number of carbonyl (C=O) groups excluding carboxylic acids is 2. The van der Waals surface area contributed by atoms with E-state index in [9.17, 15) is 31.5 Å². The summed E-state index contributed by atoms with van der Waals surface area (Å²) in [5.41, 5.74) is 2.05. The number of halogens is 5. The van der Waals surface area contributed by atoms with Crippen molar-refractivity contribution in [2.45, 2.75) is 50.6 Å². The molecule has 7 rings (SSSR count). The van der Waals surface area contributed by atoms with Crippen molar-refractivity contribution in [3.05, 3.63) is 106 Å². The van der Waals surface area contributed by atoms with Crippen LogP contribution in [0, 0.1) is 23.4 Å². The molecule has 12 heteroatoms. The van der Waals surface area contributed by atoms with Gasteiger partial charge in [-0.15, -0.1) is 0 Å². The van der Waals surface area contributed by atoms with Crippen LogP contribution in [-0.2, 0) is 24.2 Å². The smallest absolute Gasteiger partial charge is 0.282 e. The first-order valence-electron chi connectivity index (χ1n) is 14.2. The summed E-state index contributed by atoms with van der Waals surface area (Å²) in [5, 5.41) is 9.37. The van der Waals surface area contributed by atoms with Crippen LogP contribution < -0.4 is 10.6 Å². The van der Waals surface area contributed by atoms with E-state index in [0.29, 0.717) is 34.7 Å². The molecule has 0 unspecified atom stereocenters. The molecule has 2 aromatic carbocycles. The lowest BCUT2D eigenvalue weighted by Crippen LogP contribution is -2.36. The van der Waals surface area contributed by atoms with E-state index in [1.807, 2.05) is 0 Å². The summed E-state index contributed by atoms with van der Waals surface area (Å²) in [6.45, 7) is -0.343. The van der Waals surface area contributed by atoms with Crippen LogP contribution in [0.25, 0.3) is 11.1 Å². The van der Waals surface area contributed by atoms with Crippen molar-refractivity contribution in [1.82, 2.24) is 25.4 Å². The molecule has 1 saturated carbocycles. The van der Waals surface area contributed by atoms with Crippen LogP contribution in [-0.4, -0.2) is 33.6 Å². The lowest BCUT2D eigenvalue weighted by molar-refractivity contribution is -0.122. The van der Waals surface area contributed by atoms with Crippen molar-refractivity contribution >= 4 is 11.8 Å². The van der Waals surface area contributed by atoms with Gasteiger partial charge in [0.1, 0.15) is 29.7 Å². The monoisotopic (exact) mass is 609 g/mol. The van der Waals surface area contributed by atoms with E-state index in [-0.39, 0.29) is 41.4 Å². The zero-order valence-electron chi connectivity index (χ0n) is 23.6. The highest BCUT2D eigenvalue weighted by molar-refractivity contribution is 5.95. The summed E-state index contributed by atoms with van der Waals surface area (Å²) in [7, 11) is 1.37. The van der Waals surface area contributed by atoms with Crippen LogP contribution in [0.3, 0.4) is 0 Å². The number of nitrogens with one attached hydrogen (secondary N) is 2. The van der Waals surface area contributed by atoms with Crippen LogP contribution in [0.1, 0.15) is 69.8 Å². The Bertz CT molecular complexity index is 1730. The van der Waals surface area contributed by atoms with Gasteiger partial charge in [-0.05, 0) is 73.1 Å². The number of aromatic nitrogens is 3. The van der Waals surface area contributed by atoms with Gasteiger partial charge >= 0.3 is 0 Å². The normalized spacial score (nSPS) is 17.5. The first kappa shape index (κ1) is 29.5. The summed E-state index contributed by atoms with van der Waals surface area (Å²) < 4.78 is 71.8. The molecular formula is C32H28F5N5O2. The molecule has 1 fully saturated rings. The second-order valence-corrected chi connectivity index (χ2v) is 11.3. The molecule has 0 radical (unpaired) electrons. The van der Waals surface area contributed by atoms with Crippen molar-refractivity contribution in [2.75, 3.05) is 7.05 Å². The molecule has 1 atom stereocenters. The van der Waals surface area contributed by atoms with Crippen molar-refractivity contribution in [1.29, 1.82) is 0 Å². The number of rotatable bonds is 9. The maximum atomic E-state index is 14.5. The third-order valence-electron chi connectivity index (χ3n) is 8.36. The first-order valence-corrected chi connectivity index (χ1v) is 14.2. The zero-order valence-corrected chi connectivity index (χ0v) is 23.6. The Kier molecular flexibility index (Phi) is 7.91. The van der Waals surface area contributed by atoms with Crippen molar-refractivity contribution in [3.63, 3.8) is 0 Å². The number of hydrogen-bond acceptors (Lipinski definition) is 4. The zero-order chi connectivity index (χ0) is 31.1. The van der Waals surface area contributed by atoms with Gasteiger partial charge in [-0.2, -0.15) is 5.10 Å². The number of benzene rings is 2. The maximum absolute atomic E-state index is 14.5. The van der Waals surface area contributed by atoms with E-state index >= 15 is 0 Å². The lowest BCUT2D eigenvalue weighted by atomic mass is 9.64. The van der Waals surface area contributed by atoms with E-state index in [1.165, 1.54) is 30.1 Å². The van der Waals surface area contributed by atoms with Gasteiger partial charge < -0.3 is 10.6 Å². The minimum absolute atomic E-state index is 0.0676. The highest BCUT2D eigenvalue weighted by Gasteiger charge is 2.43. The minimum atomic E-state index is -2.77. The van der Waals surface area contributed by atoms with Gasteiger partial charge in [0.2, 0.25) is 5.91 Å². The quantitative estimate of drug-likeness (QED) is 0.235. The molecule has 2 N–H and O–H groups in total. The molecule has 2 aromatic heterocycles. The van der Waals surface area contributed by atoms with Gasteiger partial charge in [0.05, 0.1) is 17.3 Å². The van der Waals surface area contributed by atoms with Gasteiger partial charge in [0.15, 0.2) is 0 Å². The highest BCUT2D eigenvalue weighted by atomic mass is 19.3. The van der Waals surface area contributed by atoms with Gasteiger partial charge in [-0.25, -0.2) is 22.0 Å². The number of amides is 2. The fourth-order valence-electron chi connectivity index (χ4n) is 6.41. The van der Waals surface area contributed by atoms with Gasteiger partial charge in [-0.1, -0.05) is 12.1 Å². The summed E-state index contributed by atoms with van der Waals surface area (Å²) in [6, 6.07) is 9.28. The highest BCUT2D eigenvalue weighted by Crippen LogP contribution is 2.51. The summed E-state index contributed by atoms with van der Waals surface area (Å²) in [6.07, 6.45) is 0.853. The third-order valence-corrected chi connectivity index (χ3v) is 8.36. The van der Waals surface area contributed by atoms with Crippen LogP contribution in [0.4, 0.5) is 22.0 Å². The Hall–Kier alpha value is -4.61. The molecule has 228 valence electrons. The second-order valence-electron chi connectivity index (χ2n) is 11.3. The molecule has 0 spiro atoms. The minimum Gasteiger partial charge on any atom is -0.355 e. The summed E-state index contributed by atoms with van der Waals surface area (Å²) in [4.78, 5) is 30.3. The number of hydrogen-bond donors (Lipinski definition) is 2. The third kappa shape index (κ3) is 5.68. The molecule has 2 heterocycles. The van der Waals surface area contributed by atoms with Gasteiger partial charge in [-0.3, -0.25) is 19.3 Å². The Morgan fingerprint density at radius 3 is 2.48 bits per heavy atom. The Morgan fingerprint density at radius 2 is 1.77 bits per heavy atom. The molecule has 3 aliphatic rings. The number of alkyl halides is 2. The predicted molar refractivity (Wildman–Crippen MR) is 150 cm³/mol. The van der Waals surface area contributed by atoms with E-state index in [0.717, 1.165) is 37.1 Å². The van der Waals surface area contributed by atoms with Crippen molar-refractivity contribution in [3.8, 4) is 11.1 Å². The van der Waals surface area contributed by atoms with E-state index in [2.05, 4.69) is 20.7 Å².